The van der Waals surface area contributed by atoms with Gasteiger partial charge in [-0.1, -0.05) is 23.8 Å². The molecule has 2 aromatic rings. The van der Waals surface area contributed by atoms with Gasteiger partial charge in [0.15, 0.2) is 11.5 Å². The molecule has 0 spiro atoms. The number of nitrogens with zero attached hydrogens (tertiary/aromatic N) is 1. The Kier molecular flexibility index (Phi) is 5.94. The maximum atomic E-state index is 10.7. The van der Waals surface area contributed by atoms with E-state index in [-0.39, 0.29) is 17.3 Å². The van der Waals surface area contributed by atoms with Gasteiger partial charge in [-0.05, 0) is 36.8 Å². The van der Waals surface area contributed by atoms with Crippen molar-refractivity contribution in [2.75, 3.05) is 6.61 Å². The molecule has 0 saturated carbocycles. The van der Waals surface area contributed by atoms with Gasteiger partial charge in [0.1, 0.15) is 11.6 Å². The summed E-state index contributed by atoms with van der Waals surface area (Å²) in [7, 11) is 0. The van der Waals surface area contributed by atoms with Crippen LogP contribution in [0.25, 0.3) is 0 Å². The van der Waals surface area contributed by atoms with E-state index in [0.29, 0.717) is 28.7 Å². The third kappa shape index (κ3) is 4.33. The van der Waals surface area contributed by atoms with E-state index in [0.717, 1.165) is 5.56 Å². The van der Waals surface area contributed by atoms with Crippen LogP contribution in [0, 0.1) is 10.1 Å². The molecule has 0 radical (unpaired) electrons. The van der Waals surface area contributed by atoms with E-state index in [1.54, 1.807) is 24.3 Å². The molecule has 0 atom stereocenters. The smallest absolute Gasteiger partial charge is 0.269 e. The summed E-state index contributed by atoms with van der Waals surface area (Å²) in [6.45, 7) is 2.44. The van der Waals surface area contributed by atoms with Crippen molar-refractivity contribution >= 4 is 34.5 Å². The first kappa shape index (κ1) is 18.0. The Hall–Kier alpha value is -2.38. The van der Waals surface area contributed by atoms with Gasteiger partial charge in [-0.3, -0.25) is 10.1 Å². The van der Waals surface area contributed by atoms with E-state index >= 15 is 0 Å². The highest BCUT2D eigenvalue weighted by molar-refractivity contribution is 7.80. The molecule has 0 amide bonds. The number of non-ortho nitro benzene ring substituents is 1. The molecule has 0 aliphatic carbocycles. The van der Waals surface area contributed by atoms with Crippen LogP contribution in [0.4, 0.5) is 5.69 Å². The minimum absolute atomic E-state index is 0.0209. The summed E-state index contributed by atoms with van der Waals surface area (Å²) < 4.78 is 11.3. The van der Waals surface area contributed by atoms with Gasteiger partial charge >= 0.3 is 0 Å². The molecule has 2 aromatic carbocycles. The number of nitro benzene ring substituents is 1. The van der Waals surface area contributed by atoms with Crippen LogP contribution >= 0.6 is 23.8 Å². The van der Waals surface area contributed by atoms with Gasteiger partial charge < -0.3 is 15.2 Å². The van der Waals surface area contributed by atoms with Crippen LogP contribution < -0.4 is 15.2 Å². The number of benzene rings is 2. The van der Waals surface area contributed by atoms with Crippen LogP contribution in [-0.2, 0) is 6.61 Å². The molecular weight excluding hydrogens is 352 g/mol. The van der Waals surface area contributed by atoms with E-state index < -0.39 is 4.92 Å². The van der Waals surface area contributed by atoms with Gasteiger partial charge in [-0.25, -0.2) is 0 Å². The fraction of sp³-hybridized carbons (Fsp3) is 0.188. The Labute approximate surface area is 149 Å². The van der Waals surface area contributed by atoms with Gasteiger partial charge in [0.2, 0.25) is 0 Å². The number of nitrogens with two attached hydrogens (primary N) is 1. The maximum absolute atomic E-state index is 10.7. The number of hydrogen-bond donors (Lipinski definition) is 1. The lowest BCUT2D eigenvalue weighted by atomic mass is 10.2. The van der Waals surface area contributed by atoms with Crippen LogP contribution in [0.15, 0.2) is 36.4 Å². The highest BCUT2D eigenvalue weighted by Crippen LogP contribution is 2.37. The predicted molar refractivity (Wildman–Crippen MR) is 95.9 cm³/mol. The molecule has 2 rings (SSSR count). The lowest BCUT2D eigenvalue weighted by Gasteiger charge is -2.15. The Bertz CT molecular complexity index is 765. The van der Waals surface area contributed by atoms with Crippen LogP contribution in [0.1, 0.15) is 18.1 Å². The fourth-order valence-electron chi connectivity index (χ4n) is 1.98. The van der Waals surface area contributed by atoms with E-state index in [9.17, 15) is 10.1 Å². The number of rotatable bonds is 7. The second-order valence-electron chi connectivity index (χ2n) is 4.79. The molecule has 8 heteroatoms. The third-order valence-corrected chi connectivity index (χ3v) is 3.64. The SMILES string of the molecule is CCOc1cc(C(N)=S)cc(Cl)c1OCc1ccc([N+](=O)[O-])cc1. The van der Waals surface area contributed by atoms with Gasteiger partial charge in [0.05, 0.1) is 16.6 Å². The standard InChI is InChI=1S/C16H15ClN2O4S/c1-2-22-14-8-11(16(18)24)7-13(17)15(14)23-9-10-3-5-12(6-4-10)19(20)21/h3-8H,2,9H2,1H3,(H2,18,24). The Balaban J connectivity index is 2.21. The third-order valence-electron chi connectivity index (χ3n) is 3.12. The quantitative estimate of drug-likeness (QED) is 0.454. The highest BCUT2D eigenvalue weighted by atomic mass is 35.5. The van der Waals surface area contributed by atoms with Crippen LogP contribution in [0.3, 0.4) is 0 Å². The molecule has 0 unspecified atom stereocenters. The van der Waals surface area contributed by atoms with Crippen molar-refractivity contribution in [3.05, 3.63) is 62.7 Å². The first-order chi connectivity index (χ1) is 11.4. The molecule has 6 nitrogen and oxygen atoms in total. The average Bonchev–Trinajstić information content (AvgIpc) is 2.54. The van der Waals surface area contributed by atoms with E-state index in [1.165, 1.54) is 12.1 Å². The van der Waals surface area contributed by atoms with Crippen molar-refractivity contribution in [3.63, 3.8) is 0 Å². The number of halogens is 1. The van der Waals surface area contributed by atoms with E-state index in [2.05, 4.69) is 0 Å². The van der Waals surface area contributed by atoms with Gasteiger partial charge in [0, 0.05) is 17.7 Å². The second kappa shape index (κ2) is 7.94. The van der Waals surface area contributed by atoms with Gasteiger partial charge in [-0.2, -0.15) is 0 Å². The summed E-state index contributed by atoms with van der Waals surface area (Å²) in [5.74, 6) is 0.812. The Morgan fingerprint density at radius 3 is 2.50 bits per heavy atom. The number of nitro groups is 1. The maximum Gasteiger partial charge on any atom is 0.269 e. The van der Waals surface area contributed by atoms with Gasteiger partial charge in [0.25, 0.3) is 5.69 Å². The van der Waals surface area contributed by atoms with Gasteiger partial charge in [-0.15, -0.1) is 0 Å². The minimum atomic E-state index is -0.455. The normalized spacial score (nSPS) is 10.2. The van der Waals surface area contributed by atoms with Crippen LogP contribution in [0.5, 0.6) is 11.5 Å². The molecule has 0 aromatic heterocycles. The summed E-state index contributed by atoms with van der Waals surface area (Å²) in [4.78, 5) is 10.4. The monoisotopic (exact) mass is 366 g/mol. The number of thiocarbonyl (C=S) groups is 1. The Morgan fingerprint density at radius 1 is 1.29 bits per heavy atom. The molecule has 2 N–H and O–H groups in total. The molecular formula is C16H15ClN2O4S. The number of hydrogen-bond acceptors (Lipinski definition) is 5. The molecule has 24 heavy (non-hydrogen) atoms. The zero-order valence-corrected chi connectivity index (χ0v) is 14.4. The zero-order valence-electron chi connectivity index (χ0n) is 12.8. The lowest BCUT2D eigenvalue weighted by molar-refractivity contribution is -0.384. The summed E-state index contributed by atoms with van der Waals surface area (Å²) in [5.41, 5.74) is 6.99. The predicted octanol–water partition coefficient (Wildman–Crippen LogP) is 3.86. The van der Waals surface area contributed by atoms with Crippen molar-refractivity contribution in [2.24, 2.45) is 5.73 Å². The molecule has 126 valence electrons. The van der Waals surface area contributed by atoms with Crippen molar-refractivity contribution in [3.8, 4) is 11.5 Å². The minimum Gasteiger partial charge on any atom is -0.490 e. The first-order valence-corrected chi connectivity index (χ1v) is 7.83. The van der Waals surface area contributed by atoms with E-state index in [4.69, 9.17) is 39.0 Å². The van der Waals surface area contributed by atoms with Crippen molar-refractivity contribution in [1.29, 1.82) is 0 Å². The highest BCUT2D eigenvalue weighted by Gasteiger charge is 2.14. The van der Waals surface area contributed by atoms with E-state index in [1.807, 2.05) is 6.92 Å². The molecule has 0 aliphatic heterocycles. The molecule has 0 aliphatic rings. The molecule has 0 bridgehead atoms. The van der Waals surface area contributed by atoms with Crippen LogP contribution in [0.2, 0.25) is 5.02 Å². The average molecular weight is 367 g/mol. The molecule has 0 saturated heterocycles. The zero-order chi connectivity index (χ0) is 17.7. The largest absolute Gasteiger partial charge is 0.490 e. The van der Waals surface area contributed by atoms with Crippen molar-refractivity contribution in [2.45, 2.75) is 13.5 Å². The Morgan fingerprint density at radius 2 is 1.96 bits per heavy atom. The van der Waals surface area contributed by atoms with Crippen LogP contribution in [-0.4, -0.2) is 16.5 Å². The summed E-state index contributed by atoms with van der Waals surface area (Å²) in [5, 5.41) is 11.0. The van der Waals surface area contributed by atoms with Crippen molar-refractivity contribution in [1.82, 2.24) is 0 Å². The lowest BCUT2D eigenvalue weighted by Crippen LogP contribution is -2.10. The topological polar surface area (TPSA) is 87.6 Å². The van der Waals surface area contributed by atoms with Crippen molar-refractivity contribution < 1.29 is 14.4 Å². The summed E-state index contributed by atoms with van der Waals surface area (Å²) in [6, 6.07) is 9.35. The molecule has 0 heterocycles. The fourth-order valence-corrected chi connectivity index (χ4v) is 2.37. The second-order valence-corrected chi connectivity index (χ2v) is 5.64. The summed E-state index contributed by atoms with van der Waals surface area (Å²) in [6.07, 6.45) is 0. The first-order valence-electron chi connectivity index (χ1n) is 7.04. The summed E-state index contributed by atoms with van der Waals surface area (Å²) >= 11 is 11.2. The molecule has 0 fully saturated rings. The number of ether oxygens (including phenoxy) is 2.